The van der Waals surface area contributed by atoms with Crippen molar-refractivity contribution in [1.82, 2.24) is 25.1 Å². The quantitative estimate of drug-likeness (QED) is 0.837. The highest BCUT2D eigenvalue weighted by molar-refractivity contribution is 6.30. The SMILES string of the molecule is CCCCc1nc(Cl)c(CN2CCN(C)C3(CCNC(=O)CC3)C2)[nH]1. The molecule has 3 heterocycles. The molecule has 2 aliphatic heterocycles. The van der Waals surface area contributed by atoms with Crippen LogP contribution in [0.1, 0.15) is 50.5 Å². The molecule has 2 saturated heterocycles. The number of imidazole rings is 1. The molecule has 1 amide bonds. The fraction of sp³-hybridized carbons (Fsp3) is 0.778. The van der Waals surface area contributed by atoms with Crippen molar-refractivity contribution in [3.8, 4) is 0 Å². The first-order valence-electron chi connectivity index (χ1n) is 9.46. The van der Waals surface area contributed by atoms with Crippen LogP contribution >= 0.6 is 11.6 Å². The van der Waals surface area contributed by atoms with Crippen LogP contribution in [0.2, 0.25) is 5.15 Å². The fourth-order valence-corrected chi connectivity index (χ4v) is 4.25. The summed E-state index contributed by atoms with van der Waals surface area (Å²) in [5, 5.41) is 3.62. The van der Waals surface area contributed by atoms with Gasteiger partial charge in [0.05, 0.1) is 5.69 Å². The molecule has 3 rings (SSSR count). The average molecular weight is 368 g/mol. The van der Waals surface area contributed by atoms with Crippen molar-refractivity contribution in [1.29, 1.82) is 0 Å². The van der Waals surface area contributed by atoms with Gasteiger partial charge in [0.2, 0.25) is 5.91 Å². The molecule has 2 aliphatic rings. The lowest BCUT2D eigenvalue weighted by molar-refractivity contribution is -0.121. The number of hydrogen-bond donors (Lipinski definition) is 2. The Morgan fingerprint density at radius 3 is 2.96 bits per heavy atom. The number of aryl methyl sites for hydroxylation is 1. The van der Waals surface area contributed by atoms with Crippen LogP contribution in [-0.2, 0) is 17.8 Å². The molecular weight excluding hydrogens is 338 g/mol. The first-order chi connectivity index (χ1) is 12.0. The minimum atomic E-state index is 0.0783. The maximum Gasteiger partial charge on any atom is 0.220 e. The van der Waals surface area contributed by atoms with E-state index in [1.165, 1.54) is 0 Å². The number of H-pyrrole nitrogens is 1. The van der Waals surface area contributed by atoms with Crippen LogP contribution in [0.15, 0.2) is 0 Å². The van der Waals surface area contributed by atoms with Gasteiger partial charge >= 0.3 is 0 Å². The lowest BCUT2D eigenvalue weighted by Crippen LogP contribution is -2.60. The van der Waals surface area contributed by atoms with Gasteiger partial charge in [-0.05, 0) is 26.3 Å². The van der Waals surface area contributed by atoms with Crippen LogP contribution in [-0.4, -0.2) is 64.4 Å². The van der Waals surface area contributed by atoms with Crippen LogP contribution < -0.4 is 5.32 Å². The molecule has 140 valence electrons. The summed E-state index contributed by atoms with van der Waals surface area (Å²) in [7, 11) is 2.19. The smallest absolute Gasteiger partial charge is 0.220 e. The molecule has 1 unspecified atom stereocenters. The van der Waals surface area contributed by atoms with Crippen molar-refractivity contribution in [3.05, 3.63) is 16.7 Å². The number of unbranched alkanes of at least 4 members (excludes halogenated alkanes) is 1. The van der Waals surface area contributed by atoms with E-state index in [4.69, 9.17) is 11.6 Å². The van der Waals surface area contributed by atoms with Gasteiger partial charge in [0.1, 0.15) is 5.82 Å². The van der Waals surface area contributed by atoms with E-state index in [0.717, 1.165) is 76.3 Å². The predicted octanol–water partition coefficient (Wildman–Crippen LogP) is 2.19. The molecule has 0 aliphatic carbocycles. The second-order valence-corrected chi connectivity index (χ2v) is 7.87. The maximum absolute atomic E-state index is 11.7. The number of carbonyl (C=O) groups excluding carboxylic acids is 1. The van der Waals surface area contributed by atoms with E-state index in [9.17, 15) is 4.79 Å². The van der Waals surface area contributed by atoms with Gasteiger partial charge in [-0.15, -0.1) is 0 Å². The molecule has 1 spiro atoms. The summed E-state index contributed by atoms with van der Waals surface area (Å²) >= 11 is 6.36. The largest absolute Gasteiger partial charge is 0.356 e. The number of rotatable bonds is 5. The topological polar surface area (TPSA) is 64.3 Å². The Kier molecular flexibility index (Phi) is 6.02. The number of amides is 1. The third kappa shape index (κ3) is 4.36. The highest BCUT2D eigenvalue weighted by Gasteiger charge is 2.40. The fourth-order valence-electron chi connectivity index (χ4n) is 4.04. The van der Waals surface area contributed by atoms with Crippen molar-refractivity contribution in [2.45, 2.75) is 57.5 Å². The number of aromatic nitrogens is 2. The average Bonchev–Trinajstić information content (AvgIpc) is 2.82. The molecular formula is C18H30ClN5O. The summed E-state index contributed by atoms with van der Waals surface area (Å²) in [5.41, 5.74) is 1.10. The molecule has 1 atom stereocenters. The highest BCUT2D eigenvalue weighted by atomic mass is 35.5. The minimum absolute atomic E-state index is 0.0783. The highest BCUT2D eigenvalue weighted by Crippen LogP contribution is 2.31. The second-order valence-electron chi connectivity index (χ2n) is 7.51. The Morgan fingerprint density at radius 2 is 2.16 bits per heavy atom. The number of nitrogens with zero attached hydrogens (tertiary/aromatic N) is 3. The zero-order valence-corrected chi connectivity index (χ0v) is 16.2. The zero-order chi connectivity index (χ0) is 17.9. The van der Waals surface area contributed by atoms with Crippen LogP contribution in [0.25, 0.3) is 0 Å². The van der Waals surface area contributed by atoms with E-state index in [2.05, 4.69) is 39.1 Å². The molecule has 7 heteroatoms. The van der Waals surface area contributed by atoms with Crippen molar-refractivity contribution in [2.75, 3.05) is 33.2 Å². The molecule has 25 heavy (non-hydrogen) atoms. The number of nitrogens with one attached hydrogen (secondary N) is 2. The number of likely N-dealkylation sites (N-methyl/N-ethyl adjacent to an activating group) is 1. The molecule has 2 N–H and O–H groups in total. The third-order valence-corrected chi connectivity index (χ3v) is 6.05. The predicted molar refractivity (Wildman–Crippen MR) is 99.7 cm³/mol. The van der Waals surface area contributed by atoms with E-state index in [0.29, 0.717) is 11.6 Å². The van der Waals surface area contributed by atoms with Crippen molar-refractivity contribution >= 4 is 17.5 Å². The lowest BCUT2D eigenvalue weighted by Gasteiger charge is -2.49. The van der Waals surface area contributed by atoms with Crippen LogP contribution in [0.4, 0.5) is 0 Å². The number of halogens is 1. The van der Waals surface area contributed by atoms with Gasteiger partial charge in [-0.2, -0.15) is 0 Å². The molecule has 0 saturated carbocycles. The van der Waals surface area contributed by atoms with Crippen LogP contribution in [0.5, 0.6) is 0 Å². The number of hydrogen-bond acceptors (Lipinski definition) is 4. The van der Waals surface area contributed by atoms with Gasteiger partial charge in [-0.25, -0.2) is 4.98 Å². The Balaban J connectivity index is 1.67. The molecule has 1 aromatic rings. The van der Waals surface area contributed by atoms with Gasteiger partial charge in [0.25, 0.3) is 0 Å². The van der Waals surface area contributed by atoms with Gasteiger partial charge in [0.15, 0.2) is 5.15 Å². The molecule has 0 radical (unpaired) electrons. The number of aromatic amines is 1. The van der Waals surface area contributed by atoms with Crippen LogP contribution in [0, 0.1) is 0 Å². The first kappa shape index (κ1) is 18.7. The Morgan fingerprint density at radius 1 is 1.32 bits per heavy atom. The first-order valence-corrected chi connectivity index (χ1v) is 9.84. The molecule has 0 bridgehead atoms. The number of piperazine rings is 1. The number of carbonyl (C=O) groups is 1. The Bertz CT molecular complexity index is 604. The maximum atomic E-state index is 11.7. The standard InChI is InChI=1S/C18H30ClN5O/c1-3-4-5-15-21-14(17(19)22-15)12-24-11-10-23(2)18(13-24)7-6-16(25)20-9-8-18/h3-13H2,1-2H3,(H,20,25)(H,21,22). The summed E-state index contributed by atoms with van der Waals surface area (Å²) < 4.78 is 0. The van der Waals surface area contributed by atoms with E-state index in [1.54, 1.807) is 0 Å². The Labute approximate surface area is 155 Å². The normalized spacial score (nSPS) is 26.0. The van der Waals surface area contributed by atoms with Gasteiger partial charge in [0, 0.05) is 51.1 Å². The monoisotopic (exact) mass is 367 g/mol. The van der Waals surface area contributed by atoms with Crippen LogP contribution in [0.3, 0.4) is 0 Å². The van der Waals surface area contributed by atoms with Crippen molar-refractivity contribution in [3.63, 3.8) is 0 Å². The summed E-state index contributed by atoms with van der Waals surface area (Å²) in [4.78, 5) is 24.6. The van der Waals surface area contributed by atoms with Crippen molar-refractivity contribution in [2.24, 2.45) is 0 Å². The zero-order valence-electron chi connectivity index (χ0n) is 15.4. The van der Waals surface area contributed by atoms with Gasteiger partial charge < -0.3 is 10.3 Å². The van der Waals surface area contributed by atoms with E-state index >= 15 is 0 Å². The summed E-state index contributed by atoms with van der Waals surface area (Å²) in [6, 6.07) is 0. The van der Waals surface area contributed by atoms with E-state index < -0.39 is 0 Å². The summed E-state index contributed by atoms with van der Waals surface area (Å²) in [5.74, 6) is 1.18. The summed E-state index contributed by atoms with van der Waals surface area (Å²) in [6.07, 6.45) is 5.78. The van der Waals surface area contributed by atoms with Gasteiger partial charge in [-0.3, -0.25) is 14.6 Å². The van der Waals surface area contributed by atoms with E-state index in [-0.39, 0.29) is 11.4 Å². The third-order valence-electron chi connectivity index (χ3n) is 5.74. The molecule has 2 fully saturated rings. The van der Waals surface area contributed by atoms with Crippen molar-refractivity contribution < 1.29 is 4.79 Å². The molecule has 0 aromatic carbocycles. The molecule has 6 nitrogen and oxygen atoms in total. The van der Waals surface area contributed by atoms with E-state index in [1.807, 2.05) is 0 Å². The summed E-state index contributed by atoms with van der Waals surface area (Å²) in [6.45, 7) is 6.75. The van der Waals surface area contributed by atoms with Gasteiger partial charge in [-0.1, -0.05) is 24.9 Å². The minimum Gasteiger partial charge on any atom is -0.356 e. The molecule has 1 aromatic heterocycles. The Hall–Kier alpha value is -1.11. The second kappa shape index (κ2) is 8.06. The lowest BCUT2D eigenvalue weighted by atomic mass is 9.86.